The van der Waals surface area contributed by atoms with Crippen LogP contribution in [-0.2, 0) is 0 Å². The van der Waals surface area contributed by atoms with Crippen molar-refractivity contribution >= 4 is 11.9 Å². The summed E-state index contributed by atoms with van der Waals surface area (Å²) in [4.78, 5) is 0. The Balaban J connectivity index is 2.11. The first-order valence-corrected chi connectivity index (χ1v) is 7.49. The maximum atomic E-state index is 5.86. The van der Waals surface area contributed by atoms with Crippen molar-refractivity contribution in [3.63, 3.8) is 0 Å². The summed E-state index contributed by atoms with van der Waals surface area (Å²) in [5, 5.41) is 4.27. The quantitative estimate of drug-likeness (QED) is 0.448. The molecule has 0 fully saturated rings. The van der Waals surface area contributed by atoms with Crippen LogP contribution < -0.4 is 14.9 Å². The fourth-order valence-electron chi connectivity index (χ4n) is 1.96. The summed E-state index contributed by atoms with van der Waals surface area (Å²) >= 11 is 0. The lowest BCUT2D eigenvalue weighted by atomic mass is 10.2. The number of nitrogens with one attached hydrogen (secondary N) is 1. The molecule has 0 aliphatic heterocycles. The van der Waals surface area contributed by atoms with Crippen LogP contribution >= 0.6 is 0 Å². The van der Waals surface area contributed by atoms with Gasteiger partial charge >= 0.3 is 0 Å². The molecule has 0 saturated heterocycles. The standard InChI is InChI=1S/C18H22N2O2/c1-3-4-13-22-18-15(9-8-12-17(18)21-2)14-19-20-16-10-6-5-7-11-16/h5-12,14,20H,3-4,13H2,1-2H3. The Kier molecular flexibility index (Phi) is 6.30. The van der Waals surface area contributed by atoms with Gasteiger partial charge in [-0.1, -0.05) is 37.6 Å². The molecule has 2 aromatic carbocycles. The molecule has 22 heavy (non-hydrogen) atoms. The van der Waals surface area contributed by atoms with Crippen molar-refractivity contribution in [2.24, 2.45) is 5.10 Å². The van der Waals surface area contributed by atoms with Crippen LogP contribution in [0.2, 0.25) is 0 Å². The highest BCUT2D eigenvalue weighted by atomic mass is 16.5. The number of benzene rings is 2. The predicted molar refractivity (Wildman–Crippen MR) is 91.1 cm³/mol. The molecular weight excluding hydrogens is 276 g/mol. The number of para-hydroxylation sites is 2. The Morgan fingerprint density at radius 1 is 1.09 bits per heavy atom. The average molecular weight is 298 g/mol. The molecular formula is C18H22N2O2. The van der Waals surface area contributed by atoms with Gasteiger partial charge in [-0.25, -0.2) is 0 Å². The van der Waals surface area contributed by atoms with Gasteiger partial charge in [-0.3, -0.25) is 5.43 Å². The molecule has 2 aromatic rings. The minimum Gasteiger partial charge on any atom is -0.493 e. The third-order valence-electron chi connectivity index (χ3n) is 3.14. The van der Waals surface area contributed by atoms with Gasteiger partial charge in [0.05, 0.1) is 25.6 Å². The van der Waals surface area contributed by atoms with E-state index in [4.69, 9.17) is 9.47 Å². The van der Waals surface area contributed by atoms with E-state index < -0.39 is 0 Å². The van der Waals surface area contributed by atoms with Gasteiger partial charge in [0.1, 0.15) is 0 Å². The lowest BCUT2D eigenvalue weighted by Crippen LogP contribution is -2.02. The number of nitrogens with zero attached hydrogens (tertiary/aromatic N) is 1. The summed E-state index contributed by atoms with van der Waals surface area (Å²) in [6.07, 6.45) is 3.85. The monoisotopic (exact) mass is 298 g/mol. The summed E-state index contributed by atoms with van der Waals surface area (Å²) in [6.45, 7) is 2.81. The molecule has 0 saturated carbocycles. The third-order valence-corrected chi connectivity index (χ3v) is 3.14. The van der Waals surface area contributed by atoms with E-state index >= 15 is 0 Å². The highest BCUT2D eigenvalue weighted by molar-refractivity contribution is 5.85. The van der Waals surface area contributed by atoms with Crippen molar-refractivity contribution in [1.82, 2.24) is 0 Å². The van der Waals surface area contributed by atoms with Gasteiger partial charge in [-0.05, 0) is 30.7 Å². The van der Waals surface area contributed by atoms with Gasteiger partial charge in [0, 0.05) is 5.56 Å². The van der Waals surface area contributed by atoms with Crippen LogP contribution in [0.3, 0.4) is 0 Å². The molecule has 4 nitrogen and oxygen atoms in total. The van der Waals surface area contributed by atoms with E-state index in [1.54, 1.807) is 13.3 Å². The van der Waals surface area contributed by atoms with E-state index in [1.807, 2.05) is 48.5 Å². The topological polar surface area (TPSA) is 42.8 Å². The first-order chi connectivity index (χ1) is 10.8. The molecule has 2 rings (SSSR count). The highest BCUT2D eigenvalue weighted by Crippen LogP contribution is 2.30. The Bertz CT molecular complexity index is 597. The van der Waals surface area contributed by atoms with Crippen molar-refractivity contribution in [3.05, 3.63) is 54.1 Å². The van der Waals surface area contributed by atoms with E-state index in [-0.39, 0.29) is 0 Å². The number of rotatable bonds is 8. The molecule has 0 aliphatic rings. The molecule has 116 valence electrons. The van der Waals surface area contributed by atoms with Crippen LogP contribution in [0.1, 0.15) is 25.3 Å². The number of methoxy groups -OCH3 is 1. The Hall–Kier alpha value is -2.49. The fourth-order valence-corrected chi connectivity index (χ4v) is 1.96. The average Bonchev–Trinajstić information content (AvgIpc) is 2.57. The number of hydrazone groups is 1. The molecule has 0 aromatic heterocycles. The van der Waals surface area contributed by atoms with Crippen LogP contribution in [-0.4, -0.2) is 19.9 Å². The molecule has 1 N–H and O–H groups in total. The van der Waals surface area contributed by atoms with E-state index in [2.05, 4.69) is 17.5 Å². The van der Waals surface area contributed by atoms with Crippen molar-refractivity contribution in [2.45, 2.75) is 19.8 Å². The Morgan fingerprint density at radius 2 is 1.91 bits per heavy atom. The van der Waals surface area contributed by atoms with Crippen molar-refractivity contribution in [2.75, 3.05) is 19.1 Å². The van der Waals surface area contributed by atoms with Gasteiger partial charge < -0.3 is 9.47 Å². The lowest BCUT2D eigenvalue weighted by molar-refractivity contribution is 0.288. The zero-order chi connectivity index (χ0) is 15.6. The normalized spacial score (nSPS) is 10.6. The smallest absolute Gasteiger partial charge is 0.169 e. The van der Waals surface area contributed by atoms with Crippen LogP contribution in [0, 0.1) is 0 Å². The van der Waals surface area contributed by atoms with E-state index in [9.17, 15) is 0 Å². The number of unbranched alkanes of at least 4 members (excludes halogenated alkanes) is 1. The van der Waals surface area contributed by atoms with Crippen molar-refractivity contribution < 1.29 is 9.47 Å². The van der Waals surface area contributed by atoms with Crippen LogP contribution in [0.5, 0.6) is 11.5 Å². The molecule has 4 heteroatoms. The second-order valence-corrected chi connectivity index (χ2v) is 4.82. The van der Waals surface area contributed by atoms with Crippen LogP contribution in [0.4, 0.5) is 5.69 Å². The van der Waals surface area contributed by atoms with Crippen LogP contribution in [0.25, 0.3) is 0 Å². The van der Waals surface area contributed by atoms with E-state index in [0.717, 1.165) is 35.6 Å². The summed E-state index contributed by atoms with van der Waals surface area (Å²) in [5.41, 5.74) is 4.83. The summed E-state index contributed by atoms with van der Waals surface area (Å²) in [5.74, 6) is 1.46. The van der Waals surface area contributed by atoms with E-state index in [0.29, 0.717) is 6.61 Å². The second-order valence-electron chi connectivity index (χ2n) is 4.82. The molecule has 0 aliphatic carbocycles. The molecule has 0 unspecified atom stereocenters. The Morgan fingerprint density at radius 3 is 2.64 bits per heavy atom. The van der Waals surface area contributed by atoms with Crippen LogP contribution in [0.15, 0.2) is 53.6 Å². The number of hydrogen-bond acceptors (Lipinski definition) is 4. The molecule has 0 amide bonds. The molecule has 0 bridgehead atoms. The first-order valence-electron chi connectivity index (χ1n) is 7.49. The maximum Gasteiger partial charge on any atom is 0.169 e. The van der Waals surface area contributed by atoms with Crippen molar-refractivity contribution in [1.29, 1.82) is 0 Å². The van der Waals surface area contributed by atoms with Gasteiger partial charge in [0.15, 0.2) is 11.5 Å². The largest absolute Gasteiger partial charge is 0.493 e. The van der Waals surface area contributed by atoms with Gasteiger partial charge in [-0.2, -0.15) is 5.10 Å². The molecule has 0 spiro atoms. The zero-order valence-electron chi connectivity index (χ0n) is 13.1. The second kappa shape index (κ2) is 8.72. The van der Waals surface area contributed by atoms with E-state index in [1.165, 1.54) is 0 Å². The fraction of sp³-hybridized carbons (Fsp3) is 0.278. The summed E-state index contributed by atoms with van der Waals surface area (Å²) < 4.78 is 11.2. The highest BCUT2D eigenvalue weighted by Gasteiger charge is 2.08. The summed E-state index contributed by atoms with van der Waals surface area (Å²) in [7, 11) is 1.64. The Labute approximate surface area is 131 Å². The molecule has 0 atom stereocenters. The lowest BCUT2D eigenvalue weighted by Gasteiger charge is -2.12. The SMILES string of the molecule is CCCCOc1c(C=NNc2ccccc2)cccc1OC. The molecule has 0 radical (unpaired) electrons. The number of ether oxygens (including phenoxy) is 2. The third kappa shape index (κ3) is 4.52. The van der Waals surface area contributed by atoms with Gasteiger partial charge in [0.2, 0.25) is 0 Å². The van der Waals surface area contributed by atoms with Crippen molar-refractivity contribution in [3.8, 4) is 11.5 Å². The maximum absolute atomic E-state index is 5.86. The first kappa shape index (κ1) is 15.9. The van der Waals surface area contributed by atoms with Gasteiger partial charge in [-0.15, -0.1) is 0 Å². The minimum absolute atomic E-state index is 0.670. The predicted octanol–water partition coefficient (Wildman–Crippen LogP) is 4.32. The zero-order valence-corrected chi connectivity index (χ0v) is 13.1. The summed E-state index contributed by atoms with van der Waals surface area (Å²) in [6, 6.07) is 15.6. The number of anilines is 1. The van der Waals surface area contributed by atoms with Gasteiger partial charge in [0.25, 0.3) is 0 Å². The molecule has 0 heterocycles. The number of hydrogen-bond donors (Lipinski definition) is 1. The minimum atomic E-state index is 0.670.